The number of halogens is 1. The monoisotopic (exact) mass is 224 g/mol. The molecule has 0 heterocycles. The predicted octanol–water partition coefficient (Wildman–Crippen LogP) is 2.78. The second kappa shape index (κ2) is 5.49. The highest BCUT2D eigenvalue weighted by molar-refractivity contribution is 5.92. The standard InChI is InChI=1S/C12H17FN2O/c1-3-8(4-2)12(16)15-11-6-9(13)5-10(14)7-11/h5-8H,3-4,14H2,1-2H3,(H,15,16). The second-order valence-electron chi connectivity index (χ2n) is 3.78. The Kier molecular flexibility index (Phi) is 4.28. The third-order valence-corrected chi connectivity index (χ3v) is 2.54. The molecule has 0 bridgehead atoms. The van der Waals surface area contributed by atoms with Gasteiger partial charge in [-0.25, -0.2) is 4.39 Å². The molecular weight excluding hydrogens is 207 g/mol. The zero-order valence-corrected chi connectivity index (χ0v) is 9.59. The van der Waals surface area contributed by atoms with Crippen molar-refractivity contribution in [3.63, 3.8) is 0 Å². The van der Waals surface area contributed by atoms with Crippen LogP contribution in [0, 0.1) is 11.7 Å². The molecule has 1 amide bonds. The number of nitrogens with one attached hydrogen (secondary N) is 1. The molecule has 4 heteroatoms. The highest BCUT2D eigenvalue weighted by Crippen LogP contribution is 2.17. The summed E-state index contributed by atoms with van der Waals surface area (Å²) in [6.45, 7) is 3.90. The summed E-state index contributed by atoms with van der Waals surface area (Å²) in [7, 11) is 0. The molecule has 1 rings (SSSR count). The maximum Gasteiger partial charge on any atom is 0.227 e. The lowest BCUT2D eigenvalue weighted by molar-refractivity contribution is -0.120. The van der Waals surface area contributed by atoms with Crippen LogP contribution in [0.15, 0.2) is 18.2 Å². The predicted molar refractivity (Wildman–Crippen MR) is 63.5 cm³/mol. The number of anilines is 2. The van der Waals surface area contributed by atoms with Crippen LogP contribution in [0.1, 0.15) is 26.7 Å². The van der Waals surface area contributed by atoms with E-state index in [-0.39, 0.29) is 11.8 Å². The summed E-state index contributed by atoms with van der Waals surface area (Å²) in [6, 6.07) is 4.02. The molecule has 0 spiro atoms. The van der Waals surface area contributed by atoms with Gasteiger partial charge >= 0.3 is 0 Å². The SMILES string of the molecule is CCC(CC)C(=O)Nc1cc(N)cc(F)c1. The van der Waals surface area contributed by atoms with E-state index < -0.39 is 5.82 Å². The highest BCUT2D eigenvalue weighted by atomic mass is 19.1. The molecule has 0 saturated heterocycles. The molecule has 3 nitrogen and oxygen atoms in total. The van der Waals surface area contributed by atoms with Crippen molar-refractivity contribution in [1.82, 2.24) is 0 Å². The van der Waals surface area contributed by atoms with E-state index in [0.29, 0.717) is 11.4 Å². The highest BCUT2D eigenvalue weighted by Gasteiger charge is 2.14. The Morgan fingerprint density at radius 2 is 2.00 bits per heavy atom. The van der Waals surface area contributed by atoms with Gasteiger partial charge in [0, 0.05) is 17.3 Å². The van der Waals surface area contributed by atoms with Crippen LogP contribution in [0.3, 0.4) is 0 Å². The molecular formula is C12H17FN2O. The summed E-state index contributed by atoms with van der Waals surface area (Å²) < 4.78 is 13.0. The fourth-order valence-corrected chi connectivity index (χ4v) is 1.59. The number of carbonyl (C=O) groups excluding carboxylic acids is 1. The molecule has 0 atom stereocenters. The molecule has 0 fully saturated rings. The van der Waals surface area contributed by atoms with Gasteiger partial charge in [-0.2, -0.15) is 0 Å². The van der Waals surface area contributed by atoms with Crippen LogP contribution in [-0.2, 0) is 4.79 Å². The lowest BCUT2D eigenvalue weighted by Gasteiger charge is -2.13. The molecule has 16 heavy (non-hydrogen) atoms. The second-order valence-corrected chi connectivity index (χ2v) is 3.78. The van der Waals surface area contributed by atoms with Crippen LogP contribution in [0.2, 0.25) is 0 Å². The largest absolute Gasteiger partial charge is 0.399 e. The zero-order chi connectivity index (χ0) is 12.1. The van der Waals surface area contributed by atoms with E-state index >= 15 is 0 Å². The van der Waals surface area contributed by atoms with Crippen molar-refractivity contribution in [3.05, 3.63) is 24.0 Å². The maximum absolute atomic E-state index is 13.0. The van der Waals surface area contributed by atoms with Crippen molar-refractivity contribution in [2.24, 2.45) is 5.92 Å². The fourth-order valence-electron chi connectivity index (χ4n) is 1.59. The lowest BCUT2D eigenvalue weighted by atomic mass is 10.0. The quantitative estimate of drug-likeness (QED) is 0.773. The number of hydrogen-bond acceptors (Lipinski definition) is 2. The number of hydrogen-bond donors (Lipinski definition) is 2. The van der Waals surface area contributed by atoms with E-state index in [2.05, 4.69) is 5.32 Å². The summed E-state index contributed by atoms with van der Waals surface area (Å²) in [5.74, 6) is -0.570. The van der Waals surface area contributed by atoms with E-state index in [9.17, 15) is 9.18 Å². The molecule has 0 saturated carbocycles. The van der Waals surface area contributed by atoms with Gasteiger partial charge in [-0.15, -0.1) is 0 Å². The lowest BCUT2D eigenvalue weighted by Crippen LogP contribution is -2.21. The molecule has 0 aliphatic rings. The molecule has 3 N–H and O–H groups in total. The number of rotatable bonds is 4. The van der Waals surface area contributed by atoms with Gasteiger partial charge in [0.2, 0.25) is 5.91 Å². The minimum atomic E-state index is -0.445. The topological polar surface area (TPSA) is 55.1 Å². The van der Waals surface area contributed by atoms with Crippen molar-refractivity contribution >= 4 is 17.3 Å². The van der Waals surface area contributed by atoms with Gasteiger partial charge in [0.05, 0.1) is 0 Å². The van der Waals surface area contributed by atoms with Gasteiger partial charge in [-0.3, -0.25) is 4.79 Å². The van der Waals surface area contributed by atoms with Crippen molar-refractivity contribution in [2.75, 3.05) is 11.1 Å². The first-order valence-corrected chi connectivity index (χ1v) is 5.43. The first-order chi connectivity index (χ1) is 7.56. The zero-order valence-electron chi connectivity index (χ0n) is 9.59. The summed E-state index contributed by atoms with van der Waals surface area (Å²) in [5.41, 5.74) is 6.20. The van der Waals surface area contributed by atoms with Gasteiger partial charge in [0.15, 0.2) is 0 Å². The van der Waals surface area contributed by atoms with Crippen molar-refractivity contribution in [2.45, 2.75) is 26.7 Å². The average molecular weight is 224 g/mol. The Morgan fingerprint density at radius 1 is 1.38 bits per heavy atom. The first-order valence-electron chi connectivity index (χ1n) is 5.43. The van der Waals surface area contributed by atoms with Gasteiger partial charge in [-0.1, -0.05) is 13.8 Å². The van der Waals surface area contributed by atoms with Crippen LogP contribution < -0.4 is 11.1 Å². The molecule has 0 aliphatic carbocycles. The smallest absolute Gasteiger partial charge is 0.227 e. The number of nitrogen functional groups attached to an aromatic ring is 1. The van der Waals surface area contributed by atoms with Crippen LogP contribution >= 0.6 is 0 Å². The molecule has 1 aromatic carbocycles. The summed E-state index contributed by atoms with van der Waals surface area (Å²) in [5, 5.41) is 2.67. The molecule has 0 radical (unpaired) electrons. The van der Waals surface area contributed by atoms with Gasteiger partial charge in [0.1, 0.15) is 5.82 Å². The summed E-state index contributed by atoms with van der Waals surface area (Å²) in [6.07, 6.45) is 1.54. The van der Waals surface area contributed by atoms with Crippen molar-refractivity contribution in [3.8, 4) is 0 Å². The van der Waals surface area contributed by atoms with Crippen LogP contribution in [0.5, 0.6) is 0 Å². The Labute approximate surface area is 94.8 Å². The molecule has 0 aliphatic heterocycles. The molecule has 0 unspecified atom stereocenters. The summed E-state index contributed by atoms with van der Waals surface area (Å²) >= 11 is 0. The Morgan fingerprint density at radius 3 is 2.50 bits per heavy atom. The van der Waals surface area contributed by atoms with Crippen molar-refractivity contribution in [1.29, 1.82) is 0 Å². The van der Waals surface area contributed by atoms with E-state index in [1.165, 1.54) is 12.1 Å². The molecule has 88 valence electrons. The van der Waals surface area contributed by atoms with E-state index in [1.54, 1.807) is 6.07 Å². The maximum atomic E-state index is 13.0. The Bertz CT molecular complexity index is 355. The van der Waals surface area contributed by atoms with E-state index in [4.69, 9.17) is 5.73 Å². The van der Waals surface area contributed by atoms with E-state index in [0.717, 1.165) is 12.8 Å². The fraction of sp³-hybridized carbons (Fsp3) is 0.417. The Balaban J connectivity index is 2.76. The van der Waals surface area contributed by atoms with Crippen LogP contribution in [-0.4, -0.2) is 5.91 Å². The van der Waals surface area contributed by atoms with Crippen LogP contribution in [0.4, 0.5) is 15.8 Å². The third-order valence-electron chi connectivity index (χ3n) is 2.54. The number of amides is 1. The van der Waals surface area contributed by atoms with Gasteiger partial charge in [-0.05, 0) is 31.0 Å². The van der Waals surface area contributed by atoms with Crippen molar-refractivity contribution < 1.29 is 9.18 Å². The Hall–Kier alpha value is -1.58. The first kappa shape index (κ1) is 12.5. The molecule has 0 aromatic heterocycles. The van der Waals surface area contributed by atoms with Crippen LogP contribution in [0.25, 0.3) is 0 Å². The summed E-state index contributed by atoms with van der Waals surface area (Å²) in [4.78, 5) is 11.7. The third kappa shape index (κ3) is 3.22. The minimum absolute atomic E-state index is 0.0375. The normalized spacial score (nSPS) is 10.5. The number of benzene rings is 1. The van der Waals surface area contributed by atoms with E-state index in [1.807, 2.05) is 13.8 Å². The number of nitrogens with two attached hydrogens (primary N) is 1. The van der Waals surface area contributed by atoms with Gasteiger partial charge in [0.25, 0.3) is 0 Å². The number of carbonyl (C=O) groups is 1. The minimum Gasteiger partial charge on any atom is -0.399 e. The average Bonchev–Trinajstić information content (AvgIpc) is 2.17. The van der Waals surface area contributed by atoms with Gasteiger partial charge < -0.3 is 11.1 Å². The molecule has 1 aromatic rings.